The summed E-state index contributed by atoms with van der Waals surface area (Å²) < 4.78 is 23.7. The number of aryl methyl sites for hydroxylation is 1. The first-order chi connectivity index (χ1) is 10.8. The Labute approximate surface area is 135 Å². The van der Waals surface area contributed by atoms with Gasteiger partial charge in [0.15, 0.2) is 9.84 Å². The summed E-state index contributed by atoms with van der Waals surface area (Å²) in [6, 6.07) is 4.62. The molecule has 1 N–H and O–H groups in total. The minimum absolute atomic E-state index is 0.00762. The van der Waals surface area contributed by atoms with Crippen LogP contribution >= 0.6 is 0 Å². The third kappa shape index (κ3) is 2.85. The zero-order chi connectivity index (χ0) is 16.8. The van der Waals surface area contributed by atoms with E-state index in [1.165, 1.54) is 6.07 Å². The summed E-state index contributed by atoms with van der Waals surface area (Å²) in [5, 5.41) is 2.81. The number of carbonyl (C=O) groups excluding carboxylic acids is 2. The van der Waals surface area contributed by atoms with Gasteiger partial charge in [-0.2, -0.15) is 0 Å². The summed E-state index contributed by atoms with van der Waals surface area (Å²) in [5.74, 6) is -0.346. The van der Waals surface area contributed by atoms with Crippen molar-refractivity contribution in [2.75, 3.05) is 19.3 Å². The molecule has 0 spiro atoms. The van der Waals surface area contributed by atoms with Crippen molar-refractivity contribution in [2.45, 2.75) is 30.7 Å². The van der Waals surface area contributed by atoms with Crippen molar-refractivity contribution >= 4 is 21.7 Å². The van der Waals surface area contributed by atoms with Crippen LogP contribution in [0.5, 0.6) is 0 Å². The zero-order valence-corrected chi connectivity index (χ0v) is 14.0. The van der Waals surface area contributed by atoms with Gasteiger partial charge < -0.3 is 10.2 Å². The number of sulfone groups is 1. The van der Waals surface area contributed by atoms with E-state index in [4.69, 9.17) is 0 Å². The second-order valence-electron chi connectivity index (χ2n) is 6.31. The minimum Gasteiger partial charge on any atom is -0.354 e. The highest BCUT2D eigenvalue weighted by atomic mass is 32.2. The van der Waals surface area contributed by atoms with Crippen molar-refractivity contribution in [2.24, 2.45) is 5.92 Å². The molecule has 23 heavy (non-hydrogen) atoms. The molecule has 2 saturated heterocycles. The van der Waals surface area contributed by atoms with Crippen LogP contribution in [0.2, 0.25) is 0 Å². The molecule has 0 aromatic heterocycles. The Morgan fingerprint density at radius 2 is 2.09 bits per heavy atom. The van der Waals surface area contributed by atoms with Gasteiger partial charge in [0.05, 0.1) is 16.9 Å². The molecule has 2 unspecified atom stereocenters. The molecule has 3 rings (SSSR count). The number of hydrogen-bond donors (Lipinski definition) is 1. The maximum atomic E-state index is 12.8. The maximum absolute atomic E-state index is 12.8. The summed E-state index contributed by atoms with van der Waals surface area (Å²) in [6.07, 6.45) is 2.72. The quantitative estimate of drug-likeness (QED) is 0.864. The van der Waals surface area contributed by atoms with Gasteiger partial charge in [-0.05, 0) is 37.5 Å². The van der Waals surface area contributed by atoms with E-state index in [0.717, 1.165) is 19.1 Å². The lowest BCUT2D eigenvalue weighted by Crippen LogP contribution is -2.48. The van der Waals surface area contributed by atoms with Crippen LogP contribution < -0.4 is 5.32 Å². The fourth-order valence-corrected chi connectivity index (χ4v) is 4.50. The van der Waals surface area contributed by atoms with Gasteiger partial charge in [-0.1, -0.05) is 6.07 Å². The molecule has 1 aromatic rings. The molecule has 2 amide bonds. The predicted octanol–water partition coefficient (Wildman–Crippen LogP) is 0.749. The van der Waals surface area contributed by atoms with Crippen molar-refractivity contribution in [1.29, 1.82) is 0 Å². The molecular formula is C16H20N2O4S. The molecule has 2 heterocycles. The van der Waals surface area contributed by atoms with Crippen LogP contribution in [-0.2, 0) is 14.6 Å². The zero-order valence-electron chi connectivity index (χ0n) is 13.2. The van der Waals surface area contributed by atoms with E-state index in [1.54, 1.807) is 24.0 Å². The summed E-state index contributed by atoms with van der Waals surface area (Å²) in [4.78, 5) is 26.5. The number of benzene rings is 1. The van der Waals surface area contributed by atoms with E-state index in [1.807, 2.05) is 0 Å². The second kappa shape index (κ2) is 5.63. The summed E-state index contributed by atoms with van der Waals surface area (Å²) in [6.45, 7) is 2.78. The van der Waals surface area contributed by atoms with Gasteiger partial charge in [0.1, 0.15) is 0 Å². The van der Waals surface area contributed by atoms with Gasteiger partial charge in [0.25, 0.3) is 5.91 Å². The van der Waals surface area contributed by atoms with E-state index < -0.39 is 9.84 Å². The average Bonchev–Trinajstić information content (AvgIpc) is 2.87. The largest absolute Gasteiger partial charge is 0.354 e. The van der Waals surface area contributed by atoms with Crippen LogP contribution in [0.15, 0.2) is 23.1 Å². The Morgan fingerprint density at radius 3 is 2.78 bits per heavy atom. The van der Waals surface area contributed by atoms with Gasteiger partial charge in [0, 0.05) is 24.9 Å². The van der Waals surface area contributed by atoms with Crippen molar-refractivity contribution in [3.05, 3.63) is 29.3 Å². The lowest BCUT2D eigenvalue weighted by atomic mass is 9.91. The Morgan fingerprint density at radius 1 is 1.35 bits per heavy atom. The van der Waals surface area contributed by atoms with Crippen LogP contribution in [0.1, 0.15) is 28.8 Å². The lowest BCUT2D eigenvalue weighted by molar-refractivity contribution is -0.123. The molecule has 0 saturated carbocycles. The van der Waals surface area contributed by atoms with E-state index in [0.29, 0.717) is 24.2 Å². The molecule has 2 atom stereocenters. The topological polar surface area (TPSA) is 83.6 Å². The van der Waals surface area contributed by atoms with Gasteiger partial charge in [0.2, 0.25) is 5.91 Å². The number of nitrogens with one attached hydrogen (secondary N) is 1. The number of rotatable bonds is 2. The summed E-state index contributed by atoms with van der Waals surface area (Å²) in [5.41, 5.74) is 0.981. The van der Waals surface area contributed by atoms with Gasteiger partial charge >= 0.3 is 0 Å². The smallest absolute Gasteiger partial charge is 0.254 e. The first-order valence-electron chi connectivity index (χ1n) is 7.68. The fourth-order valence-electron chi connectivity index (χ4n) is 3.50. The number of amides is 2. The van der Waals surface area contributed by atoms with Crippen molar-refractivity contribution in [1.82, 2.24) is 10.2 Å². The maximum Gasteiger partial charge on any atom is 0.254 e. The first kappa shape index (κ1) is 16.0. The molecule has 1 aromatic carbocycles. The molecule has 0 radical (unpaired) electrons. The second-order valence-corrected chi connectivity index (χ2v) is 8.30. The predicted molar refractivity (Wildman–Crippen MR) is 84.8 cm³/mol. The molecular weight excluding hydrogens is 316 g/mol. The Bertz CT molecular complexity index is 772. The SMILES string of the molecule is Cc1ccc(C(=O)N2CCCC3C(=O)NCC32)cc1S(C)(=O)=O. The third-order valence-corrected chi connectivity index (χ3v) is 5.94. The highest BCUT2D eigenvalue weighted by Crippen LogP contribution is 2.29. The molecule has 2 aliphatic heterocycles. The van der Waals surface area contributed by atoms with Crippen LogP contribution in [0.4, 0.5) is 0 Å². The molecule has 0 bridgehead atoms. The lowest BCUT2D eigenvalue weighted by Gasteiger charge is -2.36. The van der Waals surface area contributed by atoms with Crippen LogP contribution in [0.3, 0.4) is 0 Å². The average molecular weight is 336 g/mol. The Hall–Kier alpha value is -1.89. The molecule has 2 aliphatic rings. The number of nitrogens with zero attached hydrogens (tertiary/aromatic N) is 1. The van der Waals surface area contributed by atoms with Gasteiger partial charge in [-0.15, -0.1) is 0 Å². The minimum atomic E-state index is -3.38. The van der Waals surface area contributed by atoms with Crippen molar-refractivity contribution in [3.63, 3.8) is 0 Å². The monoisotopic (exact) mass is 336 g/mol. The Kier molecular flexibility index (Phi) is 3.91. The number of likely N-dealkylation sites (tertiary alicyclic amines) is 1. The van der Waals surface area contributed by atoms with Gasteiger partial charge in [-0.3, -0.25) is 9.59 Å². The fraction of sp³-hybridized carbons (Fsp3) is 0.500. The molecule has 0 aliphatic carbocycles. The van der Waals surface area contributed by atoms with E-state index in [-0.39, 0.29) is 28.7 Å². The van der Waals surface area contributed by atoms with E-state index in [2.05, 4.69) is 5.32 Å². The van der Waals surface area contributed by atoms with E-state index in [9.17, 15) is 18.0 Å². The normalized spacial score (nSPS) is 24.3. The van der Waals surface area contributed by atoms with Crippen molar-refractivity contribution < 1.29 is 18.0 Å². The summed E-state index contributed by atoms with van der Waals surface area (Å²) in [7, 11) is -3.38. The van der Waals surface area contributed by atoms with E-state index >= 15 is 0 Å². The van der Waals surface area contributed by atoms with Crippen LogP contribution in [0.25, 0.3) is 0 Å². The number of fused-ring (bicyclic) bond motifs is 1. The third-order valence-electron chi connectivity index (χ3n) is 4.70. The van der Waals surface area contributed by atoms with Crippen LogP contribution in [-0.4, -0.2) is 50.5 Å². The Balaban J connectivity index is 1.93. The molecule has 6 nitrogen and oxygen atoms in total. The standard InChI is InChI=1S/C16H20N2O4S/c1-10-5-6-11(8-14(10)23(2,21)22)16(20)18-7-3-4-12-13(18)9-17-15(12)19/h5-6,8,12-13H,3-4,7,9H2,1-2H3,(H,17,19). The number of hydrogen-bond acceptors (Lipinski definition) is 4. The molecule has 124 valence electrons. The van der Waals surface area contributed by atoms with Crippen molar-refractivity contribution in [3.8, 4) is 0 Å². The first-order valence-corrected chi connectivity index (χ1v) is 9.57. The highest BCUT2D eigenvalue weighted by molar-refractivity contribution is 7.90. The molecule has 7 heteroatoms. The highest BCUT2D eigenvalue weighted by Gasteiger charge is 2.42. The van der Waals surface area contributed by atoms with Gasteiger partial charge in [-0.25, -0.2) is 8.42 Å². The number of piperidine rings is 1. The molecule has 2 fully saturated rings. The van der Waals surface area contributed by atoms with Crippen LogP contribution in [0, 0.1) is 12.8 Å². The number of carbonyl (C=O) groups is 2. The summed E-state index contributed by atoms with van der Waals surface area (Å²) >= 11 is 0.